The Balaban J connectivity index is 2.23. The lowest BCUT2D eigenvalue weighted by atomic mass is 10.3. The molecule has 0 aliphatic heterocycles. The van der Waals surface area contributed by atoms with E-state index in [-0.39, 0.29) is 21.2 Å². The lowest BCUT2D eigenvalue weighted by molar-refractivity contribution is -0.385. The molecule has 0 aliphatic carbocycles. The van der Waals surface area contributed by atoms with Crippen molar-refractivity contribution in [3.8, 4) is 0 Å². The first-order chi connectivity index (χ1) is 10.4. The van der Waals surface area contributed by atoms with Crippen LogP contribution in [0.25, 0.3) is 0 Å². The highest BCUT2D eigenvalue weighted by molar-refractivity contribution is 8.76. The summed E-state index contributed by atoms with van der Waals surface area (Å²) < 4.78 is 27.2. The van der Waals surface area contributed by atoms with E-state index in [4.69, 9.17) is 0 Å². The molecule has 0 N–H and O–H groups in total. The van der Waals surface area contributed by atoms with Crippen molar-refractivity contribution in [2.75, 3.05) is 0 Å². The van der Waals surface area contributed by atoms with Crippen LogP contribution in [0.15, 0.2) is 46.2 Å². The highest BCUT2D eigenvalue weighted by Gasteiger charge is 2.15. The van der Waals surface area contributed by atoms with Gasteiger partial charge >= 0.3 is 0 Å². The standard InChI is InChI=1S/C12H6F2N2O4S2/c13-9-3-1-7(15(17)18)5-11(9)21-22-12-6-8(16(19)20)2-4-10(12)14/h1-6H. The fourth-order valence-corrected chi connectivity index (χ4v) is 3.55. The lowest BCUT2D eigenvalue weighted by Crippen LogP contribution is -1.90. The van der Waals surface area contributed by atoms with E-state index < -0.39 is 21.5 Å². The molecule has 0 bridgehead atoms. The van der Waals surface area contributed by atoms with Gasteiger partial charge in [0.2, 0.25) is 0 Å². The van der Waals surface area contributed by atoms with E-state index >= 15 is 0 Å². The van der Waals surface area contributed by atoms with Gasteiger partial charge in [-0.25, -0.2) is 8.78 Å². The molecule has 2 rings (SSSR count). The topological polar surface area (TPSA) is 86.3 Å². The van der Waals surface area contributed by atoms with Gasteiger partial charge < -0.3 is 0 Å². The van der Waals surface area contributed by atoms with Gasteiger partial charge in [0.1, 0.15) is 11.6 Å². The minimum atomic E-state index is -0.700. The molecule has 10 heteroatoms. The van der Waals surface area contributed by atoms with Gasteiger partial charge in [-0.05, 0) is 33.7 Å². The number of nitro groups is 2. The molecule has 0 radical (unpaired) electrons. The van der Waals surface area contributed by atoms with Gasteiger partial charge in [-0.2, -0.15) is 0 Å². The molecule has 2 aromatic rings. The van der Waals surface area contributed by atoms with E-state index in [9.17, 15) is 29.0 Å². The van der Waals surface area contributed by atoms with Crippen molar-refractivity contribution in [3.05, 3.63) is 68.3 Å². The third-order valence-electron chi connectivity index (χ3n) is 2.47. The van der Waals surface area contributed by atoms with Crippen molar-refractivity contribution in [2.45, 2.75) is 9.79 Å². The lowest BCUT2D eigenvalue weighted by Gasteiger charge is -2.04. The summed E-state index contributed by atoms with van der Waals surface area (Å²) in [6.07, 6.45) is 0. The first-order valence-corrected chi connectivity index (χ1v) is 7.76. The summed E-state index contributed by atoms with van der Waals surface area (Å²) in [5, 5.41) is 21.3. The molecule has 0 aliphatic rings. The summed E-state index contributed by atoms with van der Waals surface area (Å²) in [5.41, 5.74) is -0.604. The Kier molecular flexibility index (Phi) is 4.93. The molecule has 22 heavy (non-hydrogen) atoms. The summed E-state index contributed by atoms with van der Waals surface area (Å²) in [5.74, 6) is -1.40. The first-order valence-electron chi connectivity index (χ1n) is 5.61. The average molecular weight is 344 g/mol. The van der Waals surface area contributed by atoms with Crippen LogP contribution in [0.1, 0.15) is 0 Å². The van der Waals surface area contributed by atoms with Crippen LogP contribution < -0.4 is 0 Å². The van der Waals surface area contributed by atoms with E-state index in [2.05, 4.69) is 0 Å². The van der Waals surface area contributed by atoms with Gasteiger partial charge in [-0.3, -0.25) is 20.2 Å². The van der Waals surface area contributed by atoms with Crippen molar-refractivity contribution in [3.63, 3.8) is 0 Å². The highest BCUT2D eigenvalue weighted by atomic mass is 33.1. The summed E-state index contributed by atoms with van der Waals surface area (Å²) in [6, 6.07) is 5.93. The van der Waals surface area contributed by atoms with Crippen molar-refractivity contribution < 1.29 is 18.6 Å². The normalized spacial score (nSPS) is 10.5. The number of non-ortho nitro benzene ring substituents is 2. The van der Waals surface area contributed by atoms with Gasteiger partial charge in [0.25, 0.3) is 11.4 Å². The number of nitro benzene ring substituents is 2. The maximum Gasteiger partial charge on any atom is 0.270 e. The van der Waals surface area contributed by atoms with E-state index in [1.165, 1.54) is 0 Å². The SMILES string of the molecule is O=[N+]([O-])c1ccc(F)c(SSc2cc([N+](=O)[O-])ccc2F)c1. The zero-order chi connectivity index (χ0) is 16.3. The molecule has 0 heterocycles. The molecule has 0 spiro atoms. The zero-order valence-corrected chi connectivity index (χ0v) is 12.2. The Morgan fingerprint density at radius 2 is 1.14 bits per heavy atom. The number of halogens is 2. The second kappa shape index (κ2) is 6.71. The predicted molar refractivity (Wildman–Crippen MR) is 77.8 cm³/mol. The molecule has 0 atom stereocenters. The molecule has 0 fully saturated rings. The summed E-state index contributed by atoms with van der Waals surface area (Å²) in [6.45, 7) is 0. The van der Waals surface area contributed by atoms with Crippen LogP contribution >= 0.6 is 21.6 Å². The van der Waals surface area contributed by atoms with Crippen LogP contribution in [0, 0.1) is 31.9 Å². The fraction of sp³-hybridized carbons (Fsp3) is 0. The Morgan fingerprint density at radius 1 is 0.773 bits per heavy atom. The monoisotopic (exact) mass is 344 g/mol. The Labute approximate surface area is 130 Å². The van der Waals surface area contributed by atoms with Crippen molar-refractivity contribution >= 4 is 33.0 Å². The molecular formula is C12H6F2N2O4S2. The fourth-order valence-electron chi connectivity index (χ4n) is 1.43. The molecule has 114 valence electrons. The smallest absolute Gasteiger partial charge is 0.258 e. The van der Waals surface area contributed by atoms with Gasteiger partial charge in [-0.15, -0.1) is 0 Å². The van der Waals surface area contributed by atoms with Crippen LogP contribution in [0.5, 0.6) is 0 Å². The minimum absolute atomic E-state index is 0.0647. The molecule has 0 saturated heterocycles. The molecule has 0 amide bonds. The molecule has 2 aromatic carbocycles. The molecule has 0 aromatic heterocycles. The number of rotatable bonds is 5. The zero-order valence-electron chi connectivity index (χ0n) is 10.6. The predicted octanol–water partition coefficient (Wildman–Crippen LogP) is 4.58. The van der Waals surface area contributed by atoms with Crippen molar-refractivity contribution in [2.24, 2.45) is 0 Å². The number of benzene rings is 2. The largest absolute Gasteiger partial charge is 0.270 e. The number of hydrogen-bond acceptors (Lipinski definition) is 6. The van der Waals surface area contributed by atoms with Crippen LogP contribution in [-0.2, 0) is 0 Å². The molecular weight excluding hydrogens is 338 g/mol. The number of hydrogen-bond donors (Lipinski definition) is 0. The summed E-state index contributed by atoms with van der Waals surface area (Å²) in [7, 11) is 1.48. The van der Waals surface area contributed by atoms with Gasteiger partial charge in [0, 0.05) is 24.3 Å². The van der Waals surface area contributed by atoms with Gasteiger partial charge in [0.15, 0.2) is 0 Å². The average Bonchev–Trinajstić information content (AvgIpc) is 2.47. The van der Waals surface area contributed by atoms with Crippen LogP contribution in [0.4, 0.5) is 20.2 Å². The second-order valence-electron chi connectivity index (χ2n) is 3.91. The Bertz CT molecular complexity index is 694. The van der Waals surface area contributed by atoms with Crippen molar-refractivity contribution in [1.82, 2.24) is 0 Å². The van der Waals surface area contributed by atoms with E-state index in [0.29, 0.717) is 0 Å². The summed E-state index contributed by atoms with van der Waals surface area (Å²) in [4.78, 5) is 19.8. The first kappa shape index (κ1) is 16.2. The minimum Gasteiger partial charge on any atom is -0.258 e. The van der Waals surface area contributed by atoms with E-state index in [0.717, 1.165) is 58.0 Å². The van der Waals surface area contributed by atoms with Crippen LogP contribution in [0.2, 0.25) is 0 Å². The second-order valence-corrected chi connectivity index (χ2v) is 6.12. The molecule has 0 unspecified atom stereocenters. The Morgan fingerprint density at radius 3 is 1.45 bits per heavy atom. The quantitative estimate of drug-likeness (QED) is 0.448. The van der Waals surface area contributed by atoms with Gasteiger partial charge in [0.05, 0.1) is 19.6 Å². The van der Waals surface area contributed by atoms with Crippen molar-refractivity contribution in [1.29, 1.82) is 0 Å². The van der Waals surface area contributed by atoms with Crippen LogP contribution in [0.3, 0.4) is 0 Å². The maximum atomic E-state index is 13.6. The highest BCUT2D eigenvalue weighted by Crippen LogP contribution is 2.41. The maximum absolute atomic E-state index is 13.6. The van der Waals surface area contributed by atoms with Crippen LogP contribution in [-0.4, -0.2) is 9.85 Å². The third-order valence-corrected chi connectivity index (χ3v) is 4.87. The van der Waals surface area contributed by atoms with Gasteiger partial charge in [-0.1, -0.05) is 0 Å². The number of nitrogens with zero attached hydrogens (tertiary/aromatic N) is 2. The third kappa shape index (κ3) is 3.71. The summed E-state index contributed by atoms with van der Waals surface area (Å²) >= 11 is 0. The van der Waals surface area contributed by atoms with E-state index in [1.807, 2.05) is 0 Å². The molecule has 6 nitrogen and oxygen atoms in total. The Hall–Kier alpha value is -2.20. The van der Waals surface area contributed by atoms with E-state index in [1.54, 1.807) is 0 Å². The molecule has 0 saturated carbocycles.